The van der Waals surface area contributed by atoms with Crippen molar-refractivity contribution in [2.45, 2.75) is 12.3 Å². The summed E-state index contributed by atoms with van der Waals surface area (Å²) in [6, 6.07) is 1.66. The number of aliphatic hydroxyl groups excluding tert-OH is 1. The van der Waals surface area contributed by atoms with Crippen LogP contribution in [0.5, 0.6) is 5.75 Å². The summed E-state index contributed by atoms with van der Waals surface area (Å²) in [5, 5.41) is 9.35. The van der Waals surface area contributed by atoms with Gasteiger partial charge in [0.15, 0.2) is 6.10 Å². The SMILES string of the molecule is COC(=O)C(O)c1cc(Cl)cc(C(F)(F)F)c1OC. The van der Waals surface area contributed by atoms with Gasteiger partial charge >= 0.3 is 12.1 Å². The number of methoxy groups -OCH3 is 2. The molecule has 0 aromatic heterocycles. The fourth-order valence-electron chi connectivity index (χ4n) is 1.49. The average molecular weight is 299 g/mol. The highest BCUT2D eigenvalue weighted by Gasteiger charge is 2.37. The summed E-state index contributed by atoms with van der Waals surface area (Å²) < 4.78 is 47.3. The van der Waals surface area contributed by atoms with E-state index in [9.17, 15) is 23.1 Å². The van der Waals surface area contributed by atoms with Crippen molar-refractivity contribution >= 4 is 17.6 Å². The maximum atomic E-state index is 12.8. The van der Waals surface area contributed by atoms with Crippen LogP contribution in [-0.4, -0.2) is 25.3 Å². The Labute approximate surface area is 111 Å². The molecule has 1 aromatic carbocycles. The Morgan fingerprint density at radius 2 is 1.95 bits per heavy atom. The molecule has 106 valence electrons. The van der Waals surface area contributed by atoms with Crippen LogP contribution in [-0.2, 0) is 15.7 Å². The lowest BCUT2D eigenvalue weighted by Crippen LogP contribution is -2.17. The predicted molar refractivity (Wildman–Crippen MR) is 60.0 cm³/mol. The lowest BCUT2D eigenvalue weighted by molar-refractivity contribution is -0.151. The minimum absolute atomic E-state index is 0.286. The number of ether oxygens (including phenoxy) is 2. The molecule has 8 heteroatoms. The molecule has 4 nitrogen and oxygen atoms in total. The van der Waals surface area contributed by atoms with Gasteiger partial charge in [0.25, 0.3) is 0 Å². The first kappa shape index (κ1) is 15.6. The molecule has 0 fully saturated rings. The first-order valence-corrected chi connectivity index (χ1v) is 5.30. The van der Waals surface area contributed by atoms with E-state index in [1.807, 2.05) is 0 Å². The van der Waals surface area contributed by atoms with Gasteiger partial charge in [-0.1, -0.05) is 11.6 Å². The summed E-state index contributed by atoms with van der Waals surface area (Å²) in [6.07, 6.45) is -6.65. The molecular formula is C11H10ClF3O4. The topological polar surface area (TPSA) is 55.8 Å². The van der Waals surface area contributed by atoms with Crippen LogP contribution in [0, 0.1) is 0 Å². The molecule has 0 heterocycles. The first-order valence-electron chi connectivity index (χ1n) is 4.93. The largest absolute Gasteiger partial charge is 0.496 e. The summed E-state index contributed by atoms with van der Waals surface area (Å²) in [5.41, 5.74) is -1.59. The van der Waals surface area contributed by atoms with Crippen LogP contribution >= 0.6 is 11.6 Å². The van der Waals surface area contributed by atoms with Gasteiger partial charge in [0.05, 0.1) is 19.8 Å². The second-order valence-corrected chi connectivity index (χ2v) is 3.94. The molecule has 0 amide bonds. The fourth-order valence-corrected chi connectivity index (χ4v) is 1.72. The third kappa shape index (κ3) is 3.30. The minimum Gasteiger partial charge on any atom is -0.496 e. The molecule has 0 aliphatic rings. The molecule has 0 bridgehead atoms. The van der Waals surface area contributed by atoms with Crippen molar-refractivity contribution in [3.63, 3.8) is 0 Å². The van der Waals surface area contributed by atoms with Crippen LogP contribution in [0.25, 0.3) is 0 Å². The van der Waals surface area contributed by atoms with Gasteiger partial charge in [-0.25, -0.2) is 4.79 Å². The van der Waals surface area contributed by atoms with Gasteiger partial charge in [0.2, 0.25) is 0 Å². The summed E-state index contributed by atoms with van der Waals surface area (Å²) in [5.74, 6) is -1.79. The molecule has 1 aromatic rings. The minimum atomic E-state index is -4.74. The molecule has 1 N–H and O–H groups in total. The lowest BCUT2D eigenvalue weighted by Gasteiger charge is -2.18. The molecule has 1 atom stereocenters. The zero-order valence-electron chi connectivity index (χ0n) is 9.92. The van der Waals surface area contributed by atoms with Crippen molar-refractivity contribution in [2.75, 3.05) is 14.2 Å². The Morgan fingerprint density at radius 1 is 1.37 bits per heavy atom. The van der Waals surface area contributed by atoms with E-state index in [0.717, 1.165) is 20.3 Å². The van der Waals surface area contributed by atoms with Gasteiger partial charge < -0.3 is 14.6 Å². The van der Waals surface area contributed by atoms with Crippen LogP contribution in [0.4, 0.5) is 13.2 Å². The Bertz CT molecular complexity index is 488. The van der Waals surface area contributed by atoms with E-state index >= 15 is 0 Å². The van der Waals surface area contributed by atoms with E-state index < -0.39 is 35.1 Å². The summed E-state index contributed by atoms with van der Waals surface area (Å²) >= 11 is 5.56. The van der Waals surface area contributed by atoms with E-state index in [1.165, 1.54) is 0 Å². The fraction of sp³-hybridized carbons (Fsp3) is 0.364. The van der Waals surface area contributed by atoms with Crippen molar-refractivity contribution in [1.82, 2.24) is 0 Å². The molecule has 19 heavy (non-hydrogen) atoms. The average Bonchev–Trinajstić information content (AvgIpc) is 2.34. The van der Waals surface area contributed by atoms with Gasteiger partial charge in [-0.15, -0.1) is 0 Å². The second-order valence-electron chi connectivity index (χ2n) is 3.50. The molecule has 0 aliphatic heterocycles. The highest BCUT2D eigenvalue weighted by Crippen LogP contribution is 2.42. The van der Waals surface area contributed by atoms with Crippen LogP contribution in [0.1, 0.15) is 17.2 Å². The third-order valence-electron chi connectivity index (χ3n) is 2.31. The maximum absolute atomic E-state index is 12.8. The monoisotopic (exact) mass is 298 g/mol. The number of halogens is 4. The van der Waals surface area contributed by atoms with Crippen LogP contribution in [0.2, 0.25) is 5.02 Å². The van der Waals surface area contributed by atoms with Gasteiger partial charge in [0.1, 0.15) is 5.75 Å². The van der Waals surface area contributed by atoms with Gasteiger partial charge in [-0.05, 0) is 12.1 Å². The molecule has 1 rings (SSSR count). The second kappa shape index (κ2) is 5.66. The predicted octanol–water partition coefficient (Wildman–Crippen LogP) is 2.57. The van der Waals surface area contributed by atoms with Crippen LogP contribution in [0.3, 0.4) is 0 Å². The van der Waals surface area contributed by atoms with Gasteiger partial charge in [-0.2, -0.15) is 13.2 Å². The number of aliphatic hydroxyl groups is 1. The van der Waals surface area contributed by atoms with Crippen molar-refractivity contribution in [3.05, 3.63) is 28.3 Å². The van der Waals surface area contributed by atoms with Gasteiger partial charge in [0, 0.05) is 10.6 Å². The van der Waals surface area contributed by atoms with E-state index in [1.54, 1.807) is 0 Å². The summed E-state index contributed by atoms with van der Waals surface area (Å²) in [4.78, 5) is 11.2. The van der Waals surface area contributed by atoms with Crippen molar-refractivity contribution < 1.29 is 32.5 Å². The van der Waals surface area contributed by atoms with Gasteiger partial charge in [-0.3, -0.25) is 0 Å². The number of carbonyl (C=O) groups excluding carboxylic acids is 1. The number of alkyl halides is 3. The van der Waals surface area contributed by atoms with Crippen molar-refractivity contribution in [2.24, 2.45) is 0 Å². The smallest absolute Gasteiger partial charge is 0.420 e. The molecule has 0 spiro atoms. The molecular weight excluding hydrogens is 289 g/mol. The summed E-state index contributed by atoms with van der Waals surface area (Å²) in [7, 11) is 1.99. The Morgan fingerprint density at radius 3 is 2.37 bits per heavy atom. The highest BCUT2D eigenvalue weighted by molar-refractivity contribution is 6.30. The maximum Gasteiger partial charge on any atom is 0.420 e. The molecule has 0 aliphatic carbocycles. The Balaban J connectivity index is 3.48. The van der Waals surface area contributed by atoms with Crippen molar-refractivity contribution in [1.29, 1.82) is 0 Å². The number of hydrogen-bond acceptors (Lipinski definition) is 4. The normalized spacial score (nSPS) is 13.0. The highest BCUT2D eigenvalue weighted by atomic mass is 35.5. The first-order chi connectivity index (χ1) is 8.72. The van der Waals surface area contributed by atoms with E-state index in [0.29, 0.717) is 6.07 Å². The van der Waals surface area contributed by atoms with E-state index in [4.69, 9.17) is 11.6 Å². The quantitative estimate of drug-likeness (QED) is 0.872. The van der Waals surface area contributed by atoms with Crippen LogP contribution in [0.15, 0.2) is 12.1 Å². The van der Waals surface area contributed by atoms with E-state index in [2.05, 4.69) is 9.47 Å². The zero-order chi connectivity index (χ0) is 14.8. The number of hydrogen-bond donors (Lipinski definition) is 1. The number of carbonyl (C=O) groups is 1. The molecule has 0 saturated heterocycles. The zero-order valence-corrected chi connectivity index (χ0v) is 10.7. The third-order valence-corrected chi connectivity index (χ3v) is 2.53. The van der Waals surface area contributed by atoms with Crippen LogP contribution < -0.4 is 4.74 Å². The Kier molecular flexibility index (Phi) is 4.65. The number of rotatable bonds is 3. The lowest BCUT2D eigenvalue weighted by atomic mass is 10.0. The molecule has 0 saturated carbocycles. The summed E-state index contributed by atoms with van der Waals surface area (Å²) in [6.45, 7) is 0. The standard InChI is InChI=1S/C11H10ClF3O4/c1-18-9-6(8(16)10(17)19-2)3-5(12)4-7(9)11(13,14)15/h3-4,8,16H,1-2H3. The molecule has 0 radical (unpaired) electrons. The number of esters is 1. The number of benzene rings is 1. The van der Waals surface area contributed by atoms with E-state index in [-0.39, 0.29) is 5.02 Å². The Hall–Kier alpha value is -1.47. The molecule has 1 unspecified atom stereocenters. The van der Waals surface area contributed by atoms with Crippen molar-refractivity contribution in [3.8, 4) is 5.75 Å².